The lowest BCUT2D eigenvalue weighted by Crippen LogP contribution is -2.30. The molecule has 1 aliphatic heterocycles. The van der Waals surface area contributed by atoms with Crippen LogP contribution in [0.2, 0.25) is 0 Å². The molecule has 1 atom stereocenters. The number of hydrogen-bond acceptors (Lipinski definition) is 1. The molecule has 1 N–H and O–H groups in total. The van der Waals surface area contributed by atoms with E-state index >= 15 is 0 Å². The minimum absolute atomic E-state index is 0.361. The van der Waals surface area contributed by atoms with E-state index in [2.05, 4.69) is 42.6 Å². The van der Waals surface area contributed by atoms with Gasteiger partial charge in [-0.2, -0.15) is 0 Å². The van der Waals surface area contributed by atoms with Crippen molar-refractivity contribution >= 4 is 5.57 Å². The molecule has 0 bridgehead atoms. The topological polar surface area (TPSA) is 12.0 Å². The van der Waals surface area contributed by atoms with Gasteiger partial charge in [0.05, 0.1) is 0 Å². The second kappa shape index (κ2) is 3.75. The van der Waals surface area contributed by atoms with Crippen LogP contribution in [-0.4, -0.2) is 12.6 Å². The van der Waals surface area contributed by atoms with Crippen LogP contribution in [0.4, 0.5) is 0 Å². The molecule has 0 saturated heterocycles. The Morgan fingerprint density at radius 1 is 1.23 bits per heavy atom. The van der Waals surface area contributed by atoms with Crippen molar-refractivity contribution in [2.75, 3.05) is 6.54 Å². The standard InChI is InChI=1S/C12H14N/c1-10-9-12(7-8-13-10)11-5-3-2-4-6-11/h2-7,10,13H,1,8-9H2. The Hall–Kier alpha value is -1.08. The molecule has 13 heavy (non-hydrogen) atoms. The highest BCUT2D eigenvalue weighted by molar-refractivity contribution is 5.66. The van der Waals surface area contributed by atoms with Crippen LogP contribution in [0.25, 0.3) is 5.57 Å². The third-order valence-corrected chi connectivity index (χ3v) is 2.37. The first kappa shape index (κ1) is 8.52. The van der Waals surface area contributed by atoms with Crippen LogP contribution in [0, 0.1) is 6.92 Å². The quantitative estimate of drug-likeness (QED) is 0.685. The Bertz CT molecular complexity index is 300. The Labute approximate surface area is 79.5 Å². The highest BCUT2D eigenvalue weighted by atomic mass is 14.9. The fourth-order valence-corrected chi connectivity index (χ4v) is 1.66. The Balaban J connectivity index is 2.22. The Morgan fingerprint density at radius 2 is 2.00 bits per heavy atom. The summed E-state index contributed by atoms with van der Waals surface area (Å²) in [4.78, 5) is 0. The molecule has 1 heteroatoms. The predicted octanol–water partition coefficient (Wildman–Crippen LogP) is 2.27. The maximum Gasteiger partial charge on any atom is 0.0143 e. The van der Waals surface area contributed by atoms with Crippen molar-refractivity contribution in [2.45, 2.75) is 12.5 Å². The summed E-state index contributed by atoms with van der Waals surface area (Å²) in [7, 11) is 0. The molecule has 1 aliphatic rings. The molecule has 0 spiro atoms. The molecular formula is C12H14N. The number of benzene rings is 1. The SMILES string of the molecule is [CH2]C1CC(c2ccccc2)=CCN1. The number of rotatable bonds is 1. The van der Waals surface area contributed by atoms with Crippen LogP contribution in [-0.2, 0) is 0 Å². The first-order valence-corrected chi connectivity index (χ1v) is 4.67. The van der Waals surface area contributed by atoms with E-state index in [1.165, 1.54) is 11.1 Å². The van der Waals surface area contributed by atoms with Gasteiger partial charge in [-0.15, -0.1) is 0 Å². The molecule has 1 nitrogen and oxygen atoms in total. The van der Waals surface area contributed by atoms with Gasteiger partial charge in [-0.25, -0.2) is 0 Å². The lowest BCUT2D eigenvalue weighted by molar-refractivity contribution is 0.625. The normalized spacial score (nSPS) is 22.5. The van der Waals surface area contributed by atoms with Gasteiger partial charge in [0.15, 0.2) is 0 Å². The maximum absolute atomic E-state index is 4.02. The van der Waals surface area contributed by atoms with Crippen LogP contribution < -0.4 is 5.32 Å². The van der Waals surface area contributed by atoms with Gasteiger partial charge in [-0.1, -0.05) is 36.4 Å². The van der Waals surface area contributed by atoms with Gasteiger partial charge in [-0.3, -0.25) is 0 Å². The highest BCUT2D eigenvalue weighted by Crippen LogP contribution is 2.21. The lowest BCUT2D eigenvalue weighted by Gasteiger charge is -2.20. The zero-order chi connectivity index (χ0) is 9.10. The van der Waals surface area contributed by atoms with Crippen LogP contribution in [0.3, 0.4) is 0 Å². The molecule has 0 saturated carbocycles. The van der Waals surface area contributed by atoms with E-state index in [0.29, 0.717) is 6.04 Å². The third kappa shape index (κ3) is 1.99. The molecule has 1 aromatic carbocycles. The average molecular weight is 172 g/mol. The fraction of sp³-hybridized carbons (Fsp3) is 0.250. The molecule has 2 rings (SSSR count). The first-order valence-electron chi connectivity index (χ1n) is 4.67. The van der Waals surface area contributed by atoms with Crippen molar-refractivity contribution < 1.29 is 0 Å². The predicted molar refractivity (Wildman–Crippen MR) is 56.2 cm³/mol. The summed E-state index contributed by atoms with van der Waals surface area (Å²) >= 11 is 0. The Morgan fingerprint density at radius 3 is 2.69 bits per heavy atom. The van der Waals surface area contributed by atoms with Crippen molar-refractivity contribution in [1.29, 1.82) is 0 Å². The molecular weight excluding hydrogens is 158 g/mol. The van der Waals surface area contributed by atoms with Crippen molar-refractivity contribution in [3.8, 4) is 0 Å². The molecule has 0 amide bonds. The summed E-state index contributed by atoms with van der Waals surface area (Å²) in [5, 5.41) is 3.29. The summed E-state index contributed by atoms with van der Waals surface area (Å²) in [6, 6.07) is 10.9. The van der Waals surface area contributed by atoms with E-state index in [0.717, 1.165) is 13.0 Å². The summed E-state index contributed by atoms with van der Waals surface area (Å²) in [5.41, 5.74) is 2.75. The second-order valence-corrected chi connectivity index (χ2v) is 3.40. The summed E-state index contributed by atoms with van der Waals surface area (Å²) < 4.78 is 0. The number of hydrogen-bond donors (Lipinski definition) is 1. The van der Waals surface area contributed by atoms with Crippen LogP contribution >= 0.6 is 0 Å². The van der Waals surface area contributed by atoms with E-state index in [1.54, 1.807) is 0 Å². The minimum atomic E-state index is 0.361. The molecule has 0 fully saturated rings. The van der Waals surface area contributed by atoms with Gasteiger partial charge in [0.2, 0.25) is 0 Å². The zero-order valence-electron chi connectivity index (χ0n) is 7.66. The van der Waals surface area contributed by atoms with Crippen molar-refractivity contribution in [2.24, 2.45) is 0 Å². The minimum Gasteiger partial charge on any atom is -0.310 e. The van der Waals surface area contributed by atoms with E-state index in [1.807, 2.05) is 6.07 Å². The van der Waals surface area contributed by atoms with Crippen molar-refractivity contribution in [3.05, 3.63) is 48.9 Å². The largest absolute Gasteiger partial charge is 0.310 e. The molecule has 1 unspecified atom stereocenters. The molecule has 1 radical (unpaired) electrons. The fourth-order valence-electron chi connectivity index (χ4n) is 1.66. The highest BCUT2D eigenvalue weighted by Gasteiger charge is 2.10. The first-order chi connectivity index (χ1) is 6.36. The maximum atomic E-state index is 4.02. The lowest BCUT2D eigenvalue weighted by atomic mass is 9.96. The molecule has 0 aliphatic carbocycles. The zero-order valence-corrected chi connectivity index (χ0v) is 7.66. The third-order valence-electron chi connectivity index (χ3n) is 2.37. The Kier molecular flexibility index (Phi) is 2.46. The number of nitrogens with one attached hydrogen (secondary N) is 1. The van der Waals surface area contributed by atoms with E-state index in [4.69, 9.17) is 0 Å². The summed E-state index contributed by atoms with van der Waals surface area (Å²) in [6.07, 6.45) is 3.28. The van der Waals surface area contributed by atoms with E-state index in [9.17, 15) is 0 Å². The van der Waals surface area contributed by atoms with E-state index < -0.39 is 0 Å². The summed E-state index contributed by atoms with van der Waals surface area (Å²) in [5.74, 6) is 0. The molecule has 1 heterocycles. The second-order valence-electron chi connectivity index (χ2n) is 3.40. The van der Waals surface area contributed by atoms with Crippen LogP contribution in [0.15, 0.2) is 36.4 Å². The smallest absolute Gasteiger partial charge is 0.0143 e. The molecule has 0 aromatic heterocycles. The average Bonchev–Trinajstić information content (AvgIpc) is 2.19. The van der Waals surface area contributed by atoms with Crippen molar-refractivity contribution in [3.63, 3.8) is 0 Å². The van der Waals surface area contributed by atoms with Crippen LogP contribution in [0.5, 0.6) is 0 Å². The van der Waals surface area contributed by atoms with Gasteiger partial charge in [0, 0.05) is 12.6 Å². The monoisotopic (exact) mass is 172 g/mol. The van der Waals surface area contributed by atoms with Gasteiger partial charge < -0.3 is 5.32 Å². The van der Waals surface area contributed by atoms with Crippen molar-refractivity contribution in [1.82, 2.24) is 5.32 Å². The van der Waals surface area contributed by atoms with Gasteiger partial charge in [0.1, 0.15) is 0 Å². The van der Waals surface area contributed by atoms with Gasteiger partial charge in [0.25, 0.3) is 0 Å². The van der Waals surface area contributed by atoms with Gasteiger partial charge >= 0.3 is 0 Å². The molecule has 1 aromatic rings. The van der Waals surface area contributed by atoms with Gasteiger partial charge in [-0.05, 0) is 24.5 Å². The molecule has 67 valence electrons. The van der Waals surface area contributed by atoms with Crippen LogP contribution in [0.1, 0.15) is 12.0 Å². The summed E-state index contributed by atoms with van der Waals surface area (Å²) in [6.45, 7) is 4.96. The van der Waals surface area contributed by atoms with E-state index in [-0.39, 0.29) is 0 Å².